The summed E-state index contributed by atoms with van der Waals surface area (Å²) in [6.07, 6.45) is 2.31. The zero-order chi connectivity index (χ0) is 11.5. The van der Waals surface area contributed by atoms with Crippen molar-refractivity contribution < 1.29 is 4.79 Å². The maximum Gasteiger partial charge on any atom is 0.261 e. The second-order valence-electron chi connectivity index (χ2n) is 3.62. The molecule has 2 rings (SSSR count). The first kappa shape index (κ1) is 12.9. The summed E-state index contributed by atoms with van der Waals surface area (Å²) < 4.78 is 1.91. The van der Waals surface area contributed by atoms with Gasteiger partial charge >= 0.3 is 0 Å². The minimum atomic E-state index is 0.0453. The molecule has 1 fully saturated rings. The molecule has 1 aliphatic heterocycles. The highest BCUT2D eigenvalue weighted by Gasteiger charge is 2.18. The zero-order valence-electron chi connectivity index (χ0n) is 8.46. The van der Waals surface area contributed by atoms with Gasteiger partial charge in [-0.3, -0.25) is 4.79 Å². The van der Waals surface area contributed by atoms with E-state index in [1.807, 2.05) is 17.8 Å². The number of halogens is 2. The van der Waals surface area contributed by atoms with Gasteiger partial charge in [0.15, 0.2) is 0 Å². The van der Waals surface area contributed by atoms with Crippen molar-refractivity contribution in [3.63, 3.8) is 0 Å². The maximum absolute atomic E-state index is 11.9. The molecule has 0 bridgehead atoms. The third-order valence-electron chi connectivity index (χ3n) is 2.36. The molecule has 0 aromatic carbocycles. The summed E-state index contributed by atoms with van der Waals surface area (Å²) >= 11 is 10.2. The lowest BCUT2D eigenvalue weighted by Crippen LogP contribution is -2.37. The van der Waals surface area contributed by atoms with Gasteiger partial charge in [0.05, 0.1) is 8.66 Å². The van der Waals surface area contributed by atoms with E-state index in [2.05, 4.69) is 37.2 Å². The van der Waals surface area contributed by atoms with Crippen LogP contribution in [0.15, 0.2) is 14.3 Å². The van der Waals surface area contributed by atoms with Gasteiger partial charge < -0.3 is 5.32 Å². The normalized spacial score (nSPS) is 20.8. The molecule has 1 unspecified atom stereocenters. The highest BCUT2D eigenvalue weighted by Crippen LogP contribution is 2.32. The summed E-state index contributed by atoms with van der Waals surface area (Å²) in [5.74, 6) is 2.31. The van der Waals surface area contributed by atoms with Crippen molar-refractivity contribution >= 4 is 60.9 Å². The molecule has 1 saturated heterocycles. The van der Waals surface area contributed by atoms with Crippen LogP contribution >= 0.6 is 55.0 Å². The lowest BCUT2D eigenvalue weighted by atomic mass is 10.2. The van der Waals surface area contributed by atoms with E-state index in [1.165, 1.54) is 23.5 Å². The summed E-state index contributed by atoms with van der Waals surface area (Å²) in [4.78, 5) is 12.7. The molecule has 0 radical (unpaired) electrons. The van der Waals surface area contributed by atoms with Crippen LogP contribution in [0.4, 0.5) is 0 Å². The zero-order valence-corrected chi connectivity index (χ0v) is 13.3. The molecule has 1 aliphatic rings. The third kappa shape index (κ3) is 3.24. The Kier molecular flexibility index (Phi) is 4.76. The Labute approximate surface area is 120 Å². The van der Waals surface area contributed by atoms with Crippen LogP contribution in [-0.4, -0.2) is 23.5 Å². The number of hydrogen-bond donors (Lipinski definition) is 1. The first-order chi connectivity index (χ1) is 7.66. The van der Waals surface area contributed by atoms with Gasteiger partial charge in [0.2, 0.25) is 0 Å². The van der Waals surface area contributed by atoms with Crippen molar-refractivity contribution in [3.8, 4) is 0 Å². The second kappa shape index (κ2) is 5.89. The lowest BCUT2D eigenvalue weighted by molar-refractivity contribution is 0.0942. The molecule has 1 aromatic rings. The van der Waals surface area contributed by atoms with Crippen molar-refractivity contribution in [3.05, 3.63) is 19.2 Å². The van der Waals surface area contributed by atoms with Gasteiger partial charge in [-0.1, -0.05) is 0 Å². The number of thioether (sulfide) groups is 1. The predicted molar refractivity (Wildman–Crippen MR) is 77.5 cm³/mol. The fourth-order valence-electron chi connectivity index (χ4n) is 1.57. The Bertz CT molecular complexity index is 369. The smallest absolute Gasteiger partial charge is 0.261 e. The number of thiophene rings is 1. The standard InChI is InChI=1S/C10H11Br2NOS2/c11-7-4-8(16-9(7)12)10(14)13-6-2-1-3-15-5-6/h4,6H,1-3,5H2,(H,13,14). The quantitative estimate of drug-likeness (QED) is 0.837. The molecule has 1 N–H and O–H groups in total. The van der Waals surface area contributed by atoms with Gasteiger partial charge in [0, 0.05) is 16.3 Å². The Balaban J connectivity index is 1.96. The highest BCUT2D eigenvalue weighted by atomic mass is 79.9. The van der Waals surface area contributed by atoms with Crippen LogP contribution in [0.25, 0.3) is 0 Å². The monoisotopic (exact) mass is 383 g/mol. The van der Waals surface area contributed by atoms with Crippen LogP contribution in [0.3, 0.4) is 0 Å². The number of carbonyl (C=O) groups is 1. The fourth-order valence-corrected chi connectivity index (χ4v) is 4.58. The van der Waals surface area contributed by atoms with E-state index in [0.29, 0.717) is 6.04 Å². The Morgan fingerprint density at radius 1 is 1.50 bits per heavy atom. The Morgan fingerprint density at radius 2 is 2.31 bits per heavy atom. The molecule has 0 spiro atoms. The molecular weight excluding hydrogens is 374 g/mol. The Hall–Kier alpha value is 0.480. The van der Waals surface area contributed by atoms with Crippen molar-refractivity contribution in [2.45, 2.75) is 18.9 Å². The fraction of sp³-hybridized carbons (Fsp3) is 0.500. The van der Waals surface area contributed by atoms with E-state index in [0.717, 1.165) is 25.3 Å². The summed E-state index contributed by atoms with van der Waals surface area (Å²) in [6.45, 7) is 0. The molecule has 16 heavy (non-hydrogen) atoms. The van der Waals surface area contributed by atoms with Crippen molar-refractivity contribution in [2.24, 2.45) is 0 Å². The van der Waals surface area contributed by atoms with E-state index in [1.54, 1.807) is 0 Å². The van der Waals surface area contributed by atoms with Crippen LogP contribution < -0.4 is 5.32 Å². The average molecular weight is 385 g/mol. The van der Waals surface area contributed by atoms with Gasteiger partial charge in [-0.15, -0.1) is 11.3 Å². The average Bonchev–Trinajstić information content (AvgIpc) is 2.61. The largest absolute Gasteiger partial charge is 0.348 e. The van der Waals surface area contributed by atoms with Gasteiger partial charge in [-0.2, -0.15) is 11.8 Å². The van der Waals surface area contributed by atoms with Crippen LogP contribution in [0.1, 0.15) is 22.5 Å². The third-order valence-corrected chi connectivity index (χ3v) is 6.83. The van der Waals surface area contributed by atoms with Gasteiger partial charge in [0.25, 0.3) is 5.91 Å². The molecule has 88 valence electrons. The molecule has 1 atom stereocenters. The number of nitrogens with one attached hydrogen (secondary N) is 1. The first-order valence-corrected chi connectivity index (χ1v) is 8.56. The molecule has 1 aromatic heterocycles. The summed E-state index contributed by atoms with van der Waals surface area (Å²) in [7, 11) is 0. The second-order valence-corrected chi connectivity index (χ2v) is 7.99. The van der Waals surface area contributed by atoms with Gasteiger partial charge in [0.1, 0.15) is 0 Å². The Morgan fingerprint density at radius 3 is 2.88 bits per heavy atom. The highest BCUT2D eigenvalue weighted by molar-refractivity contribution is 9.13. The SMILES string of the molecule is O=C(NC1CCCSC1)c1cc(Br)c(Br)s1. The number of hydrogen-bond acceptors (Lipinski definition) is 3. The minimum absolute atomic E-state index is 0.0453. The van der Waals surface area contributed by atoms with Crippen LogP contribution in [0.2, 0.25) is 0 Å². The van der Waals surface area contributed by atoms with E-state index in [9.17, 15) is 4.79 Å². The summed E-state index contributed by atoms with van der Waals surface area (Å²) in [5.41, 5.74) is 0. The molecule has 0 aliphatic carbocycles. The van der Waals surface area contributed by atoms with Crippen LogP contribution in [0, 0.1) is 0 Å². The van der Waals surface area contributed by atoms with E-state index < -0.39 is 0 Å². The van der Waals surface area contributed by atoms with Crippen LogP contribution in [0.5, 0.6) is 0 Å². The van der Waals surface area contributed by atoms with Gasteiger partial charge in [-0.05, 0) is 56.5 Å². The van der Waals surface area contributed by atoms with E-state index in [-0.39, 0.29) is 5.91 Å². The van der Waals surface area contributed by atoms with Crippen molar-refractivity contribution in [2.75, 3.05) is 11.5 Å². The maximum atomic E-state index is 11.9. The van der Waals surface area contributed by atoms with E-state index >= 15 is 0 Å². The minimum Gasteiger partial charge on any atom is -0.348 e. The molecule has 1 amide bonds. The molecular formula is C10H11Br2NOS2. The lowest BCUT2D eigenvalue weighted by Gasteiger charge is -2.21. The summed E-state index contributed by atoms with van der Waals surface area (Å²) in [5, 5.41) is 3.08. The number of carbonyl (C=O) groups excluding carboxylic acids is 1. The number of amides is 1. The predicted octanol–water partition coefficient (Wildman–Crippen LogP) is 3.90. The number of rotatable bonds is 2. The topological polar surface area (TPSA) is 29.1 Å². The molecule has 6 heteroatoms. The molecule has 2 heterocycles. The van der Waals surface area contributed by atoms with Crippen molar-refractivity contribution in [1.82, 2.24) is 5.32 Å². The molecule has 0 saturated carbocycles. The summed E-state index contributed by atoms with van der Waals surface area (Å²) in [6, 6.07) is 2.20. The van der Waals surface area contributed by atoms with E-state index in [4.69, 9.17) is 0 Å². The van der Waals surface area contributed by atoms with Crippen LogP contribution in [-0.2, 0) is 0 Å². The first-order valence-electron chi connectivity index (χ1n) is 5.00. The van der Waals surface area contributed by atoms with Crippen molar-refractivity contribution in [1.29, 1.82) is 0 Å². The van der Waals surface area contributed by atoms with Gasteiger partial charge in [-0.25, -0.2) is 0 Å². The molecule has 2 nitrogen and oxygen atoms in total.